The zero-order valence-corrected chi connectivity index (χ0v) is 23.7. The van der Waals surface area contributed by atoms with E-state index in [4.69, 9.17) is 0 Å². The van der Waals surface area contributed by atoms with E-state index in [-0.39, 0.29) is 36.3 Å². The summed E-state index contributed by atoms with van der Waals surface area (Å²) in [5, 5.41) is 12.9. The molecule has 1 aromatic heterocycles. The quantitative estimate of drug-likeness (QED) is 0.227. The fourth-order valence-corrected chi connectivity index (χ4v) is 5.13. The van der Waals surface area contributed by atoms with Crippen LogP contribution in [0.4, 0.5) is 0 Å². The molecule has 4 N–H and O–H groups in total. The van der Waals surface area contributed by atoms with Gasteiger partial charge in [-0.2, -0.15) is 0 Å². The van der Waals surface area contributed by atoms with Gasteiger partial charge in [0.25, 0.3) is 5.91 Å². The third-order valence-electron chi connectivity index (χ3n) is 7.25. The zero-order chi connectivity index (χ0) is 30.1. The summed E-state index contributed by atoms with van der Waals surface area (Å²) < 4.78 is 0. The van der Waals surface area contributed by atoms with E-state index in [2.05, 4.69) is 31.2 Å². The van der Waals surface area contributed by atoms with Crippen LogP contribution in [0.15, 0.2) is 61.1 Å². The smallest absolute Gasteiger partial charge is 0.272 e. The van der Waals surface area contributed by atoms with Crippen LogP contribution in [-0.2, 0) is 25.6 Å². The summed E-state index contributed by atoms with van der Waals surface area (Å²) in [5.74, 6) is -2.14. The Morgan fingerprint density at radius 1 is 1.00 bits per heavy atom. The largest absolute Gasteiger partial charge is 0.356 e. The first-order chi connectivity index (χ1) is 20.2. The Hall–Kier alpha value is -4.67. The fourth-order valence-electron chi connectivity index (χ4n) is 5.13. The first kappa shape index (κ1) is 30.3. The van der Waals surface area contributed by atoms with Gasteiger partial charge in [0.05, 0.1) is 12.2 Å². The maximum Gasteiger partial charge on any atom is 0.272 e. The van der Waals surface area contributed by atoms with Gasteiger partial charge in [-0.3, -0.25) is 24.2 Å². The van der Waals surface area contributed by atoms with Gasteiger partial charge in [-0.05, 0) is 41.5 Å². The number of carbonyl (C=O) groups is 5. The summed E-state index contributed by atoms with van der Waals surface area (Å²) in [4.78, 5) is 71.9. The average molecular weight is 573 g/mol. The molecule has 11 heteroatoms. The lowest BCUT2D eigenvalue weighted by Crippen LogP contribution is -2.56. The molecule has 42 heavy (non-hydrogen) atoms. The van der Waals surface area contributed by atoms with E-state index in [9.17, 15) is 24.0 Å². The van der Waals surface area contributed by atoms with E-state index in [0.29, 0.717) is 25.7 Å². The molecule has 0 aliphatic carbocycles. The lowest BCUT2D eigenvalue weighted by Gasteiger charge is -2.26. The normalized spacial score (nSPS) is 16.7. The third kappa shape index (κ3) is 7.96. The lowest BCUT2D eigenvalue weighted by molar-refractivity contribution is -0.131. The van der Waals surface area contributed by atoms with Crippen LogP contribution in [0.1, 0.15) is 49.2 Å². The number of hydrogen-bond acceptors (Lipinski definition) is 7. The van der Waals surface area contributed by atoms with Gasteiger partial charge >= 0.3 is 0 Å². The molecule has 3 aromatic rings. The van der Waals surface area contributed by atoms with Gasteiger partial charge in [0.2, 0.25) is 17.7 Å². The molecular formula is C31H36N6O5. The highest BCUT2D eigenvalue weighted by molar-refractivity contribution is 5.98. The van der Waals surface area contributed by atoms with Crippen molar-refractivity contribution in [3.63, 3.8) is 0 Å². The van der Waals surface area contributed by atoms with E-state index in [1.54, 1.807) is 0 Å². The van der Waals surface area contributed by atoms with Crippen molar-refractivity contribution >= 4 is 40.7 Å². The van der Waals surface area contributed by atoms with Crippen LogP contribution in [0.5, 0.6) is 0 Å². The van der Waals surface area contributed by atoms with Crippen LogP contribution in [0.2, 0.25) is 0 Å². The van der Waals surface area contributed by atoms with E-state index < -0.39 is 35.8 Å². The second-order valence-electron chi connectivity index (χ2n) is 10.9. The molecule has 0 spiro atoms. The number of nitrogens with zero attached hydrogens (tertiary/aromatic N) is 2. The molecule has 220 valence electrons. The van der Waals surface area contributed by atoms with Crippen molar-refractivity contribution in [2.75, 3.05) is 6.54 Å². The molecule has 1 fully saturated rings. The molecule has 4 amide bonds. The molecule has 11 nitrogen and oxygen atoms in total. The first-order valence-electron chi connectivity index (χ1n) is 14.1. The molecule has 2 aromatic carbocycles. The summed E-state index contributed by atoms with van der Waals surface area (Å²) in [6.45, 7) is 4.36. The minimum absolute atomic E-state index is 0.0297. The van der Waals surface area contributed by atoms with Gasteiger partial charge in [0.1, 0.15) is 24.1 Å². The maximum atomic E-state index is 13.8. The molecule has 1 unspecified atom stereocenters. The van der Waals surface area contributed by atoms with Gasteiger partial charge in [0.15, 0.2) is 0 Å². The van der Waals surface area contributed by atoms with E-state index in [0.717, 1.165) is 16.3 Å². The highest BCUT2D eigenvalue weighted by Gasteiger charge is 2.32. The maximum absolute atomic E-state index is 13.8. The van der Waals surface area contributed by atoms with Gasteiger partial charge < -0.3 is 26.1 Å². The van der Waals surface area contributed by atoms with Gasteiger partial charge in [-0.1, -0.05) is 56.3 Å². The van der Waals surface area contributed by atoms with Crippen LogP contribution in [0, 0.1) is 11.8 Å². The number of aromatic nitrogens is 2. The zero-order valence-electron chi connectivity index (χ0n) is 23.7. The lowest BCUT2D eigenvalue weighted by atomic mass is 9.96. The van der Waals surface area contributed by atoms with Crippen LogP contribution in [-0.4, -0.2) is 64.6 Å². The highest BCUT2D eigenvalue weighted by atomic mass is 16.2. The Morgan fingerprint density at radius 3 is 2.45 bits per heavy atom. The molecular weight excluding hydrogens is 536 g/mol. The van der Waals surface area contributed by atoms with Crippen molar-refractivity contribution < 1.29 is 24.0 Å². The number of hydrogen-bond donors (Lipinski definition) is 4. The van der Waals surface area contributed by atoms with Crippen LogP contribution in [0.3, 0.4) is 0 Å². The minimum Gasteiger partial charge on any atom is -0.356 e. The number of nitrogens with one attached hydrogen (secondary N) is 4. The monoisotopic (exact) mass is 572 g/mol. The van der Waals surface area contributed by atoms with Crippen LogP contribution >= 0.6 is 0 Å². The van der Waals surface area contributed by atoms with E-state index in [1.807, 2.05) is 56.3 Å². The van der Waals surface area contributed by atoms with E-state index >= 15 is 0 Å². The molecule has 2 heterocycles. The summed E-state index contributed by atoms with van der Waals surface area (Å²) >= 11 is 0. The van der Waals surface area contributed by atoms with Crippen molar-refractivity contribution in [1.29, 1.82) is 0 Å². The SMILES string of the molecule is CC(C)C[C@H](NC(=O)[C@H](Cc1cccc2ccccc12)NC(=O)c1cnccn1)C(=O)N[C@H](C=O)CC1CCNC1=O. The number of benzene rings is 2. The summed E-state index contributed by atoms with van der Waals surface area (Å²) in [7, 11) is 0. The Morgan fingerprint density at radius 2 is 1.76 bits per heavy atom. The number of fused-ring (bicyclic) bond motifs is 1. The molecule has 1 aliphatic heterocycles. The Balaban J connectivity index is 1.54. The molecule has 1 aliphatic rings. The summed E-state index contributed by atoms with van der Waals surface area (Å²) in [5.41, 5.74) is 0.892. The number of aldehydes is 1. The van der Waals surface area contributed by atoms with E-state index in [1.165, 1.54) is 18.6 Å². The topological polar surface area (TPSA) is 159 Å². The Kier molecular flexibility index (Phi) is 10.3. The predicted octanol–water partition coefficient (Wildman–Crippen LogP) is 1.71. The van der Waals surface area contributed by atoms with Crippen molar-refractivity contribution in [2.45, 2.75) is 57.7 Å². The first-order valence-corrected chi connectivity index (χ1v) is 14.1. The van der Waals surface area contributed by atoms with Crippen molar-refractivity contribution in [1.82, 2.24) is 31.2 Å². The van der Waals surface area contributed by atoms with Crippen LogP contribution < -0.4 is 21.3 Å². The summed E-state index contributed by atoms with van der Waals surface area (Å²) in [6, 6.07) is 10.6. The standard InChI is InChI=1S/C31H36N6O5/c1-19(2)14-25(29(40)35-23(18-38)15-22-10-11-34-28(22)39)36-30(41)26(37-31(42)27-17-32-12-13-33-27)16-21-8-5-7-20-6-3-4-9-24(20)21/h3-9,12-13,17-19,22-23,25-26H,10-11,14-16H2,1-2H3,(H,34,39)(H,35,40)(H,36,41)(H,37,42)/t22?,23-,25-,26-/m0/s1. The van der Waals surface area contributed by atoms with Crippen molar-refractivity contribution in [2.24, 2.45) is 11.8 Å². The Labute approximate surface area is 244 Å². The highest BCUT2D eigenvalue weighted by Crippen LogP contribution is 2.20. The number of amides is 4. The van der Waals surface area contributed by atoms with Gasteiger partial charge in [-0.25, -0.2) is 4.98 Å². The second kappa shape index (κ2) is 14.3. The molecule has 0 radical (unpaired) electrons. The fraction of sp³-hybridized carbons (Fsp3) is 0.387. The average Bonchev–Trinajstić information content (AvgIpc) is 3.40. The number of rotatable bonds is 13. The second-order valence-corrected chi connectivity index (χ2v) is 10.9. The molecule has 1 saturated heterocycles. The van der Waals surface area contributed by atoms with Crippen LogP contribution in [0.25, 0.3) is 10.8 Å². The molecule has 4 rings (SSSR count). The third-order valence-corrected chi connectivity index (χ3v) is 7.25. The van der Waals surface area contributed by atoms with Crippen molar-refractivity contribution in [3.8, 4) is 0 Å². The minimum atomic E-state index is -1.04. The molecule has 0 bridgehead atoms. The molecule has 0 saturated carbocycles. The Bertz CT molecular complexity index is 1420. The van der Waals surface area contributed by atoms with Gasteiger partial charge in [-0.15, -0.1) is 0 Å². The van der Waals surface area contributed by atoms with Crippen molar-refractivity contribution in [3.05, 3.63) is 72.3 Å². The summed E-state index contributed by atoms with van der Waals surface area (Å²) in [6.07, 6.45) is 5.97. The number of carbonyl (C=O) groups excluding carboxylic acids is 5. The predicted molar refractivity (Wildman–Crippen MR) is 156 cm³/mol. The van der Waals surface area contributed by atoms with Gasteiger partial charge in [0, 0.05) is 31.3 Å². The molecule has 4 atom stereocenters.